The fourth-order valence-electron chi connectivity index (χ4n) is 1.48. The highest BCUT2D eigenvalue weighted by molar-refractivity contribution is 4.82. The molecule has 3 heteroatoms. The van der Waals surface area contributed by atoms with Crippen LogP contribution in [0.5, 0.6) is 0 Å². The number of hydrogen-bond donors (Lipinski definition) is 0. The zero-order valence-electron chi connectivity index (χ0n) is 7.21. The van der Waals surface area contributed by atoms with Gasteiger partial charge in [-0.1, -0.05) is 13.8 Å². The van der Waals surface area contributed by atoms with E-state index in [4.69, 9.17) is 9.47 Å². The molecule has 0 N–H and O–H groups in total. The first-order valence-electron chi connectivity index (χ1n) is 4.03. The molecule has 1 rings (SSSR count). The third kappa shape index (κ3) is 1.54. The van der Waals surface area contributed by atoms with Gasteiger partial charge in [-0.05, 0) is 6.42 Å². The van der Waals surface area contributed by atoms with Crippen LogP contribution in [0.15, 0.2) is 0 Å². The monoisotopic (exact) mass is 162 g/mol. The van der Waals surface area contributed by atoms with Crippen molar-refractivity contribution in [3.8, 4) is 0 Å². The predicted octanol–water partition coefficient (Wildman–Crippen LogP) is 1.74. The van der Waals surface area contributed by atoms with Gasteiger partial charge < -0.3 is 9.47 Å². The molecule has 0 bridgehead atoms. The molecule has 0 amide bonds. The molecule has 4 atom stereocenters. The van der Waals surface area contributed by atoms with Gasteiger partial charge in [0.05, 0.1) is 6.10 Å². The van der Waals surface area contributed by atoms with Gasteiger partial charge in [0.1, 0.15) is 0 Å². The second-order valence-electron chi connectivity index (χ2n) is 2.99. The van der Waals surface area contributed by atoms with E-state index >= 15 is 0 Å². The molecule has 1 fully saturated rings. The molecule has 0 aromatic carbocycles. The Kier molecular flexibility index (Phi) is 2.84. The van der Waals surface area contributed by atoms with Crippen LogP contribution >= 0.6 is 0 Å². The SMILES string of the molecule is CC[C@H]1O[C@H](OC)[C@@H](F)[C@@H]1C. The number of rotatable bonds is 2. The van der Waals surface area contributed by atoms with Crippen molar-refractivity contribution in [1.82, 2.24) is 0 Å². The lowest BCUT2D eigenvalue weighted by molar-refractivity contribution is -0.135. The quantitative estimate of drug-likeness (QED) is 0.615. The molecule has 0 aliphatic carbocycles. The van der Waals surface area contributed by atoms with Crippen LogP contribution in [-0.2, 0) is 9.47 Å². The summed E-state index contributed by atoms with van der Waals surface area (Å²) in [5.41, 5.74) is 0. The molecule has 0 unspecified atom stereocenters. The van der Waals surface area contributed by atoms with Gasteiger partial charge in [-0.15, -0.1) is 0 Å². The summed E-state index contributed by atoms with van der Waals surface area (Å²) in [5, 5.41) is 0. The summed E-state index contributed by atoms with van der Waals surface area (Å²) in [6.45, 7) is 3.85. The molecule has 2 nitrogen and oxygen atoms in total. The van der Waals surface area contributed by atoms with E-state index in [1.54, 1.807) is 0 Å². The van der Waals surface area contributed by atoms with Crippen molar-refractivity contribution in [3.05, 3.63) is 0 Å². The summed E-state index contributed by atoms with van der Waals surface area (Å²) in [4.78, 5) is 0. The topological polar surface area (TPSA) is 18.5 Å². The molecule has 0 spiro atoms. The largest absolute Gasteiger partial charge is 0.353 e. The summed E-state index contributed by atoms with van der Waals surface area (Å²) in [6.07, 6.45) is -0.739. The van der Waals surface area contributed by atoms with Gasteiger partial charge in [0, 0.05) is 13.0 Å². The Hall–Kier alpha value is -0.150. The van der Waals surface area contributed by atoms with Gasteiger partial charge in [0.2, 0.25) is 0 Å². The Balaban J connectivity index is 2.53. The maximum Gasteiger partial charge on any atom is 0.189 e. The number of ether oxygens (including phenoxy) is 2. The van der Waals surface area contributed by atoms with Crippen LogP contribution < -0.4 is 0 Å². The molecule has 1 saturated heterocycles. The lowest BCUT2D eigenvalue weighted by Crippen LogP contribution is -2.22. The molecule has 1 aliphatic rings. The van der Waals surface area contributed by atoms with Crippen LogP contribution in [0.25, 0.3) is 0 Å². The van der Waals surface area contributed by atoms with Crippen molar-refractivity contribution in [2.45, 2.75) is 38.8 Å². The maximum atomic E-state index is 13.2. The van der Waals surface area contributed by atoms with Crippen molar-refractivity contribution in [1.29, 1.82) is 0 Å². The summed E-state index contributed by atoms with van der Waals surface area (Å²) in [6, 6.07) is 0. The van der Waals surface area contributed by atoms with Gasteiger partial charge in [-0.2, -0.15) is 0 Å². The average Bonchev–Trinajstić information content (AvgIpc) is 2.30. The Labute approximate surface area is 66.7 Å². The zero-order valence-corrected chi connectivity index (χ0v) is 7.21. The minimum Gasteiger partial charge on any atom is -0.353 e. The van der Waals surface area contributed by atoms with E-state index in [0.29, 0.717) is 0 Å². The summed E-state index contributed by atoms with van der Waals surface area (Å²) in [5.74, 6) is -0.0371. The third-order valence-electron chi connectivity index (χ3n) is 2.29. The lowest BCUT2D eigenvalue weighted by Gasteiger charge is -2.10. The molecule has 0 aromatic heterocycles. The zero-order chi connectivity index (χ0) is 8.43. The molecule has 66 valence electrons. The van der Waals surface area contributed by atoms with E-state index < -0.39 is 12.5 Å². The number of methoxy groups -OCH3 is 1. The molecular weight excluding hydrogens is 147 g/mol. The Morgan fingerprint density at radius 1 is 1.55 bits per heavy atom. The van der Waals surface area contributed by atoms with Crippen LogP contribution in [0.3, 0.4) is 0 Å². The second kappa shape index (κ2) is 3.50. The van der Waals surface area contributed by atoms with E-state index in [-0.39, 0.29) is 12.0 Å². The fraction of sp³-hybridized carbons (Fsp3) is 1.00. The van der Waals surface area contributed by atoms with Gasteiger partial charge in [-0.3, -0.25) is 0 Å². The lowest BCUT2D eigenvalue weighted by atomic mass is 10.0. The van der Waals surface area contributed by atoms with Gasteiger partial charge in [0.15, 0.2) is 12.5 Å². The van der Waals surface area contributed by atoms with Crippen LogP contribution in [0.1, 0.15) is 20.3 Å². The van der Waals surface area contributed by atoms with Crippen molar-refractivity contribution in [3.63, 3.8) is 0 Å². The highest BCUT2D eigenvalue weighted by Crippen LogP contribution is 2.31. The molecule has 0 aromatic rings. The van der Waals surface area contributed by atoms with Gasteiger partial charge >= 0.3 is 0 Å². The number of alkyl halides is 1. The first kappa shape index (κ1) is 8.94. The predicted molar refractivity (Wildman–Crippen MR) is 40.0 cm³/mol. The average molecular weight is 162 g/mol. The van der Waals surface area contributed by atoms with Gasteiger partial charge in [-0.25, -0.2) is 4.39 Å². The number of halogens is 1. The highest BCUT2D eigenvalue weighted by atomic mass is 19.1. The summed E-state index contributed by atoms with van der Waals surface area (Å²) >= 11 is 0. The first-order chi connectivity index (χ1) is 5.20. The molecule has 1 aliphatic heterocycles. The second-order valence-corrected chi connectivity index (χ2v) is 2.99. The standard InChI is InChI=1S/C8H15FO2/c1-4-6-5(2)7(9)8(10-3)11-6/h5-8H,4H2,1-3H3/t5-,6-,7+,8+/m1/s1. The first-order valence-corrected chi connectivity index (χ1v) is 4.03. The van der Waals surface area contributed by atoms with E-state index in [9.17, 15) is 4.39 Å². The summed E-state index contributed by atoms with van der Waals surface area (Å²) in [7, 11) is 1.47. The van der Waals surface area contributed by atoms with Crippen molar-refractivity contribution < 1.29 is 13.9 Å². The minimum atomic E-state index is -0.968. The molecule has 1 heterocycles. The van der Waals surface area contributed by atoms with E-state index in [1.165, 1.54) is 7.11 Å². The summed E-state index contributed by atoms with van der Waals surface area (Å²) < 4.78 is 23.3. The van der Waals surface area contributed by atoms with E-state index in [1.807, 2.05) is 13.8 Å². The smallest absolute Gasteiger partial charge is 0.189 e. The van der Waals surface area contributed by atoms with Crippen molar-refractivity contribution >= 4 is 0 Å². The highest BCUT2D eigenvalue weighted by Gasteiger charge is 2.41. The Morgan fingerprint density at radius 2 is 2.18 bits per heavy atom. The van der Waals surface area contributed by atoms with E-state index in [0.717, 1.165) is 6.42 Å². The van der Waals surface area contributed by atoms with Crippen molar-refractivity contribution in [2.24, 2.45) is 5.92 Å². The molecular formula is C8H15FO2. The van der Waals surface area contributed by atoms with Gasteiger partial charge in [0.25, 0.3) is 0 Å². The van der Waals surface area contributed by atoms with Crippen LogP contribution in [0.4, 0.5) is 4.39 Å². The number of hydrogen-bond acceptors (Lipinski definition) is 2. The molecule has 0 radical (unpaired) electrons. The van der Waals surface area contributed by atoms with Crippen LogP contribution in [0, 0.1) is 5.92 Å². The fourth-order valence-corrected chi connectivity index (χ4v) is 1.48. The van der Waals surface area contributed by atoms with E-state index in [2.05, 4.69) is 0 Å². The van der Waals surface area contributed by atoms with Crippen LogP contribution in [0.2, 0.25) is 0 Å². The Bertz CT molecular complexity index is 111. The normalized spacial score (nSPS) is 44.7. The van der Waals surface area contributed by atoms with Crippen molar-refractivity contribution in [2.75, 3.05) is 7.11 Å². The maximum absolute atomic E-state index is 13.2. The Morgan fingerprint density at radius 3 is 2.45 bits per heavy atom. The minimum absolute atomic E-state index is 0.0231. The molecule has 11 heavy (non-hydrogen) atoms. The molecule has 0 saturated carbocycles. The third-order valence-corrected chi connectivity index (χ3v) is 2.29. The van der Waals surface area contributed by atoms with Crippen LogP contribution in [-0.4, -0.2) is 25.7 Å².